The number of rotatable bonds is 5. The van der Waals surface area contributed by atoms with E-state index in [0.29, 0.717) is 12.5 Å². The van der Waals surface area contributed by atoms with Crippen molar-refractivity contribution in [2.45, 2.75) is 25.4 Å². The van der Waals surface area contributed by atoms with Crippen LogP contribution in [0.5, 0.6) is 0 Å². The summed E-state index contributed by atoms with van der Waals surface area (Å²) < 4.78 is 1.93. The van der Waals surface area contributed by atoms with Crippen molar-refractivity contribution >= 4 is 5.91 Å². The van der Waals surface area contributed by atoms with Gasteiger partial charge in [0.1, 0.15) is 5.69 Å². The number of hydrogen-bond donors (Lipinski definition) is 1. The number of carbonyl (C=O) groups excluding carboxylic acids is 1. The number of hydrogen-bond acceptors (Lipinski definition) is 4. The first kappa shape index (κ1) is 15.3. The van der Waals surface area contributed by atoms with E-state index in [1.165, 1.54) is 0 Å². The first-order chi connectivity index (χ1) is 12.8. The van der Waals surface area contributed by atoms with Gasteiger partial charge in [0.25, 0.3) is 0 Å². The molecule has 0 radical (unpaired) electrons. The van der Waals surface area contributed by atoms with E-state index < -0.39 is 0 Å². The third-order valence-electron chi connectivity index (χ3n) is 5.75. The first-order valence-corrected chi connectivity index (χ1v) is 8.91. The highest BCUT2D eigenvalue weighted by molar-refractivity contribution is 5.87. The van der Waals surface area contributed by atoms with Gasteiger partial charge in [0, 0.05) is 24.5 Å². The monoisotopic (exact) mass is 345 g/mol. The lowest BCUT2D eigenvalue weighted by Crippen LogP contribution is -2.41. The van der Waals surface area contributed by atoms with Crippen LogP contribution in [0.2, 0.25) is 0 Å². The summed E-state index contributed by atoms with van der Waals surface area (Å²) in [4.78, 5) is 16.6. The number of nitrogens with one attached hydrogen (secondary N) is 1. The molecule has 6 heteroatoms. The van der Waals surface area contributed by atoms with Gasteiger partial charge in [0.15, 0.2) is 0 Å². The molecule has 5 rings (SSSR count). The van der Waals surface area contributed by atoms with E-state index in [1.54, 1.807) is 12.4 Å². The Balaban J connectivity index is 1.22. The second-order valence-corrected chi connectivity index (χ2v) is 7.23. The fourth-order valence-electron chi connectivity index (χ4n) is 4.11. The van der Waals surface area contributed by atoms with Crippen molar-refractivity contribution < 1.29 is 4.79 Å². The number of benzene rings is 1. The lowest BCUT2D eigenvalue weighted by atomic mass is 9.79. The summed E-state index contributed by atoms with van der Waals surface area (Å²) in [6.07, 6.45) is 7.27. The van der Waals surface area contributed by atoms with Crippen molar-refractivity contribution in [2.24, 2.45) is 11.3 Å². The number of amides is 1. The summed E-state index contributed by atoms with van der Waals surface area (Å²) in [6.45, 7) is 0.592. The van der Waals surface area contributed by atoms with Gasteiger partial charge < -0.3 is 5.32 Å². The minimum Gasteiger partial charge on any atom is -0.352 e. The highest BCUT2D eigenvalue weighted by Gasteiger charge is 2.72. The summed E-state index contributed by atoms with van der Waals surface area (Å²) in [5.41, 5.74) is 2.80. The molecule has 2 aromatic heterocycles. The van der Waals surface area contributed by atoms with Gasteiger partial charge in [0.05, 0.1) is 17.7 Å². The maximum atomic E-state index is 12.6. The van der Waals surface area contributed by atoms with Crippen LogP contribution in [0.3, 0.4) is 0 Å². The predicted octanol–water partition coefficient (Wildman–Crippen LogP) is 2.61. The molecular formula is C20H19N5O. The number of carbonyl (C=O) groups is 1. The zero-order valence-electron chi connectivity index (χ0n) is 14.2. The molecule has 3 atom stereocenters. The van der Waals surface area contributed by atoms with Crippen LogP contribution >= 0.6 is 0 Å². The van der Waals surface area contributed by atoms with Crippen LogP contribution in [0.25, 0.3) is 11.3 Å². The van der Waals surface area contributed by atoms with E-state index in [4.69, 9.17) is 0 Å². The summed E-state index contributed by atoms with van der Waals surface area (Å²) >= 11 is 0. The van der Waals surface area contributed by atoms with E-state index in [-0.39, 0.29) is 17.4 Å². The summed E-state index contributed by atoms with van der Waals surface area (Å²) in [5.74, 6) is 0.558. The van der Waals surface area contributed by atoms with E-state index in [9.17, 15) is 4.79 Å². The standard InChI is InChI=1S/C20H19N5O/c26-19(22-12-14-4-2-1-3-5-14)20-10-16(20)18(11-20)25-13-17(23-24-25)15-6-8-21-9-7-15/h1-9,13,16,18H,10-12H2,(H,22,26)/t16-,18+,20-/m0/s1. The molecule has 26 heavy (non-hydrogen) atoms. The third kappa shape index (κ3) is 2.41. The summed E-state index contributed by atoms with van der Waals surface area (Å²) in [7, 11) is 0. The highest BCUT2D eigenvalue weighted by atomic mass is 16.2. The van der Waals surface area contributed by atoms with Gasteiger partial charge in [-0.3, -0.25) is 9.78 Å². The van der Waals surface area contributed by atoms with Crippen molar-refractivity contribution in [2.75, 3.05) is 0 Å². The number of fused-ring (bicyclic) bond motifs is 1. The van der Waals surface area contributed by atoms with Crippen LogP contribution in [0.4, 0.5) is 0 Å². The quantitative estimate of drug-likeness (QED) is 0.771. The van der Waals surface area contributed by atoms with Crippen LogP contribution in [0, 0.1) is 11.3 Å². The minimum absolute atomic E-state index is 0.178. The van der Waals surface area contributed by atoms with E-state index >= 15 is 0 Å². The molecule has 2 saturated carbocycles. The van der Waals surface area contributed by atoms with Crippen LogP contribution < -0.4 is 5.32 Å². The zero-order chi connectivity index (χ0) is 17.6. The number of pyridine rings is 1. The topological polar surface area (TPSA) is 72.7 Å². The Morgan fingerprint density at radius 1 is 1.15 bits per heavy atom. The normalized spacial score (nSPS) is 25.8. The molecule has 6 nitrogen and oxygen atoms in total. The van der Waals surface area contributed by atoms with Crippen LogP contribution in [-0.2, 0) is 11.3 Å². The molecule has 2 fully saturated rings. The molecule has 2 aliphatic carbocycles. The Bertz CT molecular complexity index is 939. The van der Waals surface area contributed by atoms with Gasteiger partial charge in [-0.1, -0.05) is 35.5 Å². The second-order valence-electron chi connectivity index (χ2n) is 7.23. The third-order valence-corrected chi connectivity index (χ3v) is 5.75. The first-order valence-electron chi connectivity index (χ1n) is 8.91. The van der Waals surface area contributed by atoms with Gasteiger partial charge in [-0.2, -0.15) is 0 Å². The van der Waals surface area contributed by atoms with Crippen LogP contribution in [0.15, 0.2) is 61.1 Å². The van der Waals surface area contributed by atoms with Crippen molar-refractivity contribution in [3.8, 4) is 11.3 Å². The molecular weight excluding hydrogens is 326 g/mol. The van der Waals surface area contributed by atoms with Gasteiger partial charge in [-0.05, 0) is 36.5 Å². The predicted molar refractivity (Wildman–Crippen MR) is 95.7 cm³/mol. The Labute approximate surface area is 151 Å². The van der Waals surface area contributed by atoms with Gasteiger partial charge in [-0.15, -0.1) is 5.10 Å². The van der Waals surface area contributed by atoms with Gasteiger partial charge >= 0.3 is 0 Å². The molecule has 3 aromatic rings. The molecule has 1 aromatic carbocycles. The smallest absolute Gasteiger partial charge is 0.226 e. The molecule has 1 amide bonds. The number of nitrogens with zero attached hydrogens (tertiary/aromatic N) is 4. The molecule has 1 N–H and O–H groups in total. The second kappa shape index (κ2) is 5.76. The molecule has 0 unspecified atom stereocenters. The van der Waals surface area contributed by atoms with Gasteiger partial charge in [0.2, 0.25) is 5.91 Å². The average molecular weight is 345 g/mol. The Kier molecular flexibility index (Phi) is 3.38. The maximum absolute atomic E-state index is 12.6. The fraction of sp³-hybridized carbons (Fsp3) is 0.300. The Hall–Kier alpha value is -3.02. The molecule has 2 aliphatic rings. The zero-order valence-corrected chi connectivity index (χ0v) is 14.2. The summed E-state index contributed by atoms with van der Waals surface area (Å²) in [5, 5.41) is 11.7. The largest absolute Gasteiger partial charge is 0.352 e. The van der Waals surface area contributed by atoms with Crippen molar-refractivity contribution in [1.82, 2.24) is 25.3 Å². The van der Waals surface area contributed by atoms with E-state index in [0.717, 1.165) is 29.7 Å². The number of aromatic nitrogens is 4. The van der Waals surface area contributed by atoms with Crippen molar-refractivity contribution in [3.63, 3.8) is 0 Å². The molecule has 0 spiro atoms. The Morgan fingerprint density at radius 3 is 2.73 bits per heavy atom. The SMILES string of the molecule is O=C(NCc1ccccc1)[C@@]12C[C@@H](n3cc(-c4ccncc4)nn3)[C@@H]1C2. The maximum Gasteiger partial charge on any atom is 0.226 e. The highest BCUT2D eigenvalue weighted by Crippen LogP contribution is 2.72. The molecule has 0 aliphatic heterocycles. The molecule has 2 heterocycles. The Morgan fingerprint density at radius 2 is 1.96 bits per heavy atom. The minimum atomic E-state index is -0.178. The van der Waals surface area contributed by atoms with Crippen LogP contribution in [0.1, 0.15) is 24.4 Å². The molecule has 130 valence electrons. The van der Waals surface area contributed by atoms with Crippen molar-refractivity contribution in [1.29, 1.82) is 0 Å². The fourth-order valence-corrected chi connectivity index (χ4v) is 4.11. The van der Waals surface area contributed by atoms with E-state index in [2.05, 4.69) is 20.6 Å². The lowest BCUT2D eigenvalue weighted by molar-refractivity contribution is -0.130. The molecule has 0 saturated heterocycles. The van der Waals surface area contributed by atoms with Crippen LogP contribution in [-0.4, -0.2) is 25.9 Å². The molecule has 0 bridgehead atoms. The summed E-state index contributed by atoms with van der Waals surface area (Å²) in [6, 6.07) is 14.1. The van der Waals surface area contributed by atoms with Crippen molar-refractivity contribution in [3.05, 3.63) is 66.6 Å². The van der Waals surface area contributed by atoms with E-state index in [1.807, 2.05) is 53.3 Å². The lowest BCUT2D eigenvalue weighted by Gasteiger charge is -2.33. The van der Waals surface area contributed by atoms with Gasteiger partial charge in [-0.25, -0.2) is 4.68 Å². The average Bonchev–Trinajstić information content (AvgIpc) is 3.05.